The average molecular weight is 238 g/mol. The van der Waals surface area contributed by atoms with Gasteiger partial charge in [-0.05, 0) is 31.0 Å². The highest BCUT2D eigenvalue weighted by Crippen LogP contribution is 2.29. The number of benzene rings is 1. The monoisotopic (exact) mass is 238 g/mol. The van der Waals surface area contributed by atoms with Crippen LogP contribution in [0.5, 0.6) is 0 Å². The Hall–Kier alpha value is -1.67. The molecule has 0 bridgehead atoms. The molecule has 1 aliphatic rings. The molecule has 0 radical (unpaired) electrons. The molecule has 2 heterocycles. The third kappa shape index (κ3) is 2.04. The Kier molecular flexibility index (Phi) is 2.88. The number of aromatic nitrogens is 1. The molecular weight excluding hydrogens is 220 g/mol. The van der Waals surface area contributed by atoms with Gasteiger partial charge in [0.2, 0.25) is 0 Å². The second-order valence-electron chi connectivity index (χ2n) is 5.15. The molecule has 1 aliphatic heterocycles. The van der Waals surface area contributed by atoms with E-state index in [9.17, 15) is 0 Å². The number of aryl methyl sites for hydroxylation is 1. The fourth-order valence-electron chi connectivity index (χ4n) is 2.64. The molecule has 1 aromatic heterocycles. The second-order valence-corrected chi connectivity index (χ2v) is 5.15. The van der Waals surface area contributed by atoms with Crippen LogP contribution < -0.4 is 5.32 Å². The summed E-state index contributed by atoms with van der Waals surface area (Å²) in [5.41, 5.74) is 5.17. The SMILES string of the molecule is Cc1ccc(C2NC(C)Cc3ncccc32)cc1. The Morgan fingerprint density at radius 1 is 1.17 bits per heavy atom. The largest absolute Gasteiger partial charge is 0.303 e. The highest BCUT2D eigenvalue weighted by atomic mass is 15.0. The van der Waals surface area contributed by atoms with Gasteiger partial charge in [-0.1, -0.05) is 35.9 Å². The Morgan fingerprint density at radius 2 is 1.94 bits per heavy atom. The first-order valence-electron chi connectivity index (χ1n) is 6.50. The van der Waals surface area contributed by atoms with E-state index in [-0.39, 0.29) is 6.04 Å². The minimum absolute atomic E-state index is 0.276. The molecule has 18 heavy (non-hydrogen) atoms. The molecule has 2 unspecified atom stereocenters. The lowest BCUT2D eigenvalue weighted by Gasteiger charge is -2.31. The van der Waals surface area contributed by atoms with Gasteiger partial charge in [0.15, 0.2) is 0 Å². The van der Waals surface area contributed by atoms with Crippen LogP contribution in [0.4, 0.5) is 0 Å². The molecule has 0 saturated heterocycles. The van der Waals surface area contributed by atoms with Crippen LogP contribution in [0.1, 0.15) is 35.3 Å². The molecule has 0 aliphatic carbocycles. The van der Waals surface area contributed by atoms with E-state index in [1.165, 1.54) is 22.4 Å². The van der Waals surface area contributed by atoms with E-state index in [4.69, 9.17) is 0 Å². The van der Waals surface area contributed by atoms with Crippen molar-refractivity contribution < 1.29 is 0 Å². The fourth-order valence-corrected chi connectivity index (χ4v) is 2.64. The summed E-state index contributed by atoms with van der Waals surface area (Å²) in [7, 11) is 0. The van der Waals surface area contributed by atoms with Crippen LogP contribution in [0.2, 0.25) is 0 Å². The highest BCUT2D eigenvalue weighted by molar-refractivity contribution is 5.37. The maximum atomic E-state index is 4.52. The van der Waals surface area contributed by atoms with Gasteiger partial charge in [-0.25, -0.2) is 0 Å². The normalized spacial score (nSPS) is 22.6. The van der Waals surface area contributed by atoms with Gasteiger partial charge in [0.1, 0.15) is 0 Å². The summed E-state index contributed by atoms with van der Waals surface area (Å²) in [4.78, 5) is 4.52. The molecule has 2 heteroatoms. The first-order chi connectivity index (χ1) is 8.74. The maximum Gasteiger partial charge on any atom is 0.0596 e. The number of fused-ring (bicyclic) bond motifs is 1. The van der Waals surface area contributed by atoms with Crippen molar-refractivity contribution in [3.8, 4) is 0 Å². The van der Waals surface area contributed by atoms with Crippen LogP contribution in [-0.2, 0) is 6.42 Å². The molecule has 0 spiro atoms. The summed E-state index contributed by atoms with van der Waals surface area (Å²) >= 11 is 0. The summed E-state index contributed by atoms with van der Waals surface area (Å²) in [6.07, 6.45) is 2.90. The lowest BCUT2D eigenvalue weighted by atomic mass is 9.90. The zero-order chi connectivity index (χ0) is 12.5. The highest BCUT2D eigenvalue weighted by Gasteiger charge is 2.25. The molecule has 0 saturated carbocycles. The second kappa shape index (κ2) is 4.54. The quantitative estimate of drug-likeness (QED) is 0.826. The molecule has 0 fully saturated rings. The van der Waals surface area contributed by atoms with Crippen LogP contribution >= 0.6 is 0 Å². The van der Waals surface area contributed by atoms with Gasteiger partial charge in [-0.2, -0.15) is 0 Å². The number of nitrogens with zero attached hydrogens (tertiary/aromatic N) is 1. The van der Waals surface area contributed by atoms with E-state index in [1.54, 1.807) is 0 Å². The number of nitrogens with one attached hydrogen (secondary N) is 1. The van der Waals surface area contributed by atoms with Crippen LogP contribution in [-0.4, -0.2) is 11.0 Å². The Balaban J connectivity index is 2.04. The molecular formula is C16H18N2. The maximum absolute atomic E-state index is 4.52. The summed E-state index contributed by atoms with van der Waals surface area (Å²) in [5, 5.41) is 3.67. The molecule has 0 amide bonds. The van der Waals surface area contributed by atoms with Crippen LogP contribution in [0.25, 0.3) is 0 Å². The predicted octanol–water partition coefficient (Wildman–Crippen LogP) is 3.01. The third-order valence-corrected chi connectivity index (χ3v) is 3.60. The first-order valence-corrected chi connectivity index (χ1v) is 6.50. The molecule has 92 valence electrons. The Bertz CT molecular complexity index is 545. The van der Waals surface area contributed by atoms with Crippen molar-refractivity contribution in [1.82, 2.24) is 10.3 Å². The number of hydrogen-bond donors (Lipinski definition) is 1. The molecule has 1 N–H and O–H groups in total. The van der Waals surface area contributed by atoms with Crippen molar-refractivity contribution in [3.05, 3.63) is 65.0 Å². The summed E-state index contributed by atoms with van der Waals surface area (Å²) in [5.74, 6) is 0. The summed E-state index contributed by atoms with van der Waals surface area (Å²) < 4.78 is 0. The lowest BCUT2D eigenvalue weighted by molar-refractivity contribution is 0.457. The van der Waals surface area contributed by atoms with Gasteiger partial charge >= 0.3 is 0 Å². The van der Waals surface area contributed by atoms with E-state index >= 15 is 0 Å². The Labute approximate surface area is 108 Å². The van der Waals surface area contributed by atoms with Crippen molar-refractivity contribution in [1.29, 1.82) is 0 Å². The van der Waals surface area contributed by atoms with Gasteiger partial charge in [0.05, 0.1) is 6.04 Å². The van der Waals surface area contributed by atoms with Crippen molar-refractivity contribution in [2.24, 2.45) is 0 Å². The number of pyridine rings is 1. The fraction of sp³-hybridized carbons (Fsp3) is 0.312. The molecule has 1 aromatic carbocycles. The van der Waals surface area contributed by atoms with Gasteiger partial charge in [-0.15, -0.1) is 0 Å². The molecule has 2 aromatic rings. The average Bonchev–Trinajstić information content (AvgIpc) is 2.38. The lowest BCUT2D eigenvalue weighted by Crippen LogP contribution is -2.38. The molecule has 3 rings (SSSR count). The Morgan fingerprint density at radius 3 is 2.72 bits per heavy atom. The van der Waals surface area contributed by atoms with Crippen molar-refractivity contribution >= 4 is 0 Å². The van der Waals surface area contributed by atoms with Crippen molar-refractivity contribution in [2.45, 2.75) is 32.4 Å². The summed E-state index contributed by atoms with van der Waals surface area (Å²) in [6, 6.07) is 13.7. The number of hydrogen-bond acceptors (Lipinski definition) is 2. The van der Waals surface area contributed by atoms with Crippen molar-refractivity contribution in [2.75, 3.05) is 0 Å². The third-order valence-electron chi connectivity index (χ3n) is 3.60. The van der Waals surface area contributed by atoms with Crippen LogP contribution in [0, 0.1) is 6.92 Å². The van der Waals surface area contributed by atoms with E-state index < -0.39 is 0 Å². The minimum atomic E-state index is 0.276. The van der Waals surface area contributed by atoms with Crippen LogP contribution in [0.3, 0.4) is 0 Å². The van der Waals surface area contributed by atoms with E-state index in [1.807, 2.05) is 12.3 Å². The minimum Gasteiger partial charge on any atom is -0.303 e. The molecule has 2 nitrogen and oxygen atoms in total. The van der Waals surface area contributed by atoms with E-state index in [0.29, 0.717) is 6.04 Å². The zero-order valence-electron chi connectivity index (χ0n) is 10.9. The predicted molar refractivity (Wildman–Crippen MR) is 73.6 cm³/mol. The van der Waals surface area contributed by atoms with Gasteiger partial charge in [0.25, 0.3) is 0 Å². The number of rotatable bonds is 1. The van der Waals surface area contributed by atoms with Gasteiger partial charge in [-0.3, -0.25) is 4.98 Å². The molecule has 2 atom stereocenters. The smallest absolute Gasteiger partial charge is 0.0596 e. The topological polar surface area (TPSA) is 24.9 Å². The van der Waals surface area contributed by atoms with E-state index in [2.05, 4.69) is 54.5 Å². The van der Waals surface area contributed by atoms with Gasteiger partial charge < -0.3 is 5.32 Å². The first kappa shape index (κ1) is 11.4. The van der Waals surface area contributed by atoms with E-state index in [0.717, 1.165) is 6.42 Å². The summed E-state index contributed by atoms with van der Waals surface area (Å²) in [6.45, 7) is 4.34. The van der Waals surface area contributed by atoms with Crippen molar-refractivity contribution in [3.63, 3.8) is 0 Å². The zero-order valence-corrected chi connectivity index (χ0v) is 10.9. The van der Waals surface area contributed by atoms with Gasteiger partial charge in [0, 0.05) is 24.4 Å². The standard InChI is InChI=1S/C16H18N2/c1-11-5-7-13(8-6-11)16-14-4-3-9-17-15(14)10-12(2)18-16/h3-9,12,16,18H,10H2,1-2H3. The van der Waals surface area contributed by atoms with Crippen LogP contribution in [0.15, 0.2) is 42.6 Å².